The highest BCUT2D eigenvalue weighted by Gasteiger charge is 2.30. The first-order valence-electron chi connectivity index (χ1n) is 6.88. The van der Waals surface area contributed by atoms with Gasteiger partial charge in [-0.3, -0.25) is 0 Å². The number of carbonyl (C=O) groups is 1. The van der Waals surface area contributed by atoms with E-state index in [0.29, 0.717) is 12.3 Å². The smallest absolute Gasteiger partial charge is 0.329 e. The fourth-order valence-electron chi connectivity index (χ4n) is 2.24. The molecule has 0 fully saturated rings. The van der Waals surface area contributed by atoms with E-state index in [1.807, 2.05) is 20.8 Å². The van der Waals surface area contributed by atoms with Crippen molar-refractivity contribution in [1.29, 1.82) is 0 Å². The third-order valence-corrected chi connectivity index (χ3v) is 3.25. The van der Waals surface area contributed by atoms with E-state index in [4.69, 9.17) is 4.74 Å². The van der Waals surface area contributed by atoms with Gasteiger partial charge in [0.2, 0.25) is 0 Å². The third-order valence-electron chi connectivity index (χ3n) is 3.25. The van der Waals surface area contributed by atoms with Gasteiger partial charge in [-0.15, -0.1) is 0 Å². The Balaban J connectivity index is 2.10. The van der Waals surface area contributed by atoms with Crippen molar-refractivity contribution < 1.29 is 9.53 Å². The molecule has 3 heteroatoms. The second-order valence-corrected chi connectivity index (χ2v) is 6.51. The molecule has 0 aromatic heterocycles. The summed E-state index contributed by atoms with van der Waals surface area (Å²) in [6, 6.07) is 6.14. The zero-order valence-electron chi connectivity index (χ0n) is 12.4. The van der Waals surface area contributed by atoms with Crippen LogP contribution in [0.15, 0.2) is 18.2 Å². The van der Waals surface area contributed by atoms with Gasteiger partial charge in [0, 0.05) is 12.1 Å². The molecule has 104 valence electrons. The number of esters is 1. The monoisotopic (exact) mass is 261 g/mol. The lowest BCUT2D eigenvalue weighted by Crippen LogP contribution is -2.35. The molecule has 1 aromatic carbocycles. The number of hydrogen-bond donors (Lipinski definition) is 1. The van der Waals surface area contributed by atoms with E-state index in [9.17, 15) is 4.79 Å². The Morgan fingerprint density at radius 2 is 2.05 bits per heavy atom. The molecule has 19 heavy (non-hydrogen) atoms. The number of benzene rings is 1. The summed E-state index contributed by atoms with van der Waals surface area (Å²) in [6.07, 6.45) is 0.711. The van der Waals surface area contributed by atoms with Gasteiger partial charge in [0.1, 0.15) is 11.6 Å². The number of nitrogens with one attached hydrogen (secondary N) is 1. The topological polar surface area (TPSA) is 38.3 Å². The van der Waals surface area contributed by atoms with Crippen molar-refractivity contribution in [3.63, 3.8) is 0 Å². The maximum Gasteiger partial charge on any atom is 0.329 e. The van der Waals surface area contributed by atoms with Crippen LogP contribution in [0.2, 0.25) is 0 Å². The first-order valence-corrected chi connectivity index (χ1v) is 6.88. The molecular weight excluding hydrogens is 238 g/mol. The second-order valence-electron chi connectivity index (χ2n) is 6.51. The molecule has 2 rings (SSSR count). The lowest BCUT2D eigenvalue weighted by molar-refractivity contribution is -0.155. The minimum atomic E-state index is -0.434. The van der Waals surface area contributed by atoms with Gasteiger partial charge in [-0.2, -0.15) is 0 Å². The molecule has 0 aliphatic carbocycles. The maximum atomic E-state index is 12.1. The molecule has 1 atom stereocenters. The summed E-state index contributed by atoms with van der Waals surface area (Å²) in [6.45, 7) is 10.0. The number of ether oxygens (including phenoxy) is 1. The Labute approximate surface area is 115 Å². The van der Waals surface area contributed by atoms with E-state index < -0.39 is 5.60 Å². The summed E-state index contributed by atoms with van der Waals surface area (Å²) in [5.74, 6) is 0.322. The van der Waals surface area contributed by atoms with E-state index in [2.05, 4.69) is 37.4 Å². The van der Waals surface area contributed by atoms with Crippen LogP contribution in [0.25, 0.3) is 0 Å². The quantitative estimate of drug-likeness (QED) is 0.828. The average Bonchev–Trinajstić information content (AvgIpc) is 2.68. The van der Waals surface area contributed by atoms with Crippen LogP contribution in [0.5, 0.6) is 0 Å². The summed E-state index contributed by atoms with van der Waals surface area (Å²) >= 11 is 0. The molecule has 0 saturated heterocycles. The zero-order valence-corrected chi connectivity index (χ0v) is 12.4. The number of carbonyl (C=O) groups excluding carboxylic acids is 1. The molecule has 0 bridgehead atoms. The van der Waals surface area contributed by atoms with E-state index >= 15 is 0 Å². The molecule has 0 radical (unpaired) electrons. The van der Waals surface area contributed by atoms with Crippen LogP contribution in [-0.4, -0.2) is 17.6 Å². The van der Waals surface area contributed by atoms with Gasteiger partial charge in [0.25, 0.3) is 0 Å². The van der Waals surface area contributed by atoms with Crippen LogP contribution < -0.4 is 5.32 Å². The summed E-state index contributed by atoms with van der Waals surface area (Å²) in [7, 11) is 0. The minimum Gasteiger partial charge on any atom is -0.458 e. The molecule has 1 aliphatic heterocycles. The van der Waals surface area contributed by atoms with Gasteiger partial charge >= 0.3 is 5.97 Å². The van der Waals surface area contributed by atoms with E-state index in [1.165, 1.54) is 11.1 Å². The fourth-order valence-corrected chi connectivity index (χ4v) is 2.24. The van der Waals surface area contributed by atoms with Crippen LogP contribution in [0.1, 0.15) is 51.7 Å². The Bertz CT molecular complexity index is 486. The molecule has 3 nitrogen and oxygen atoms in total. The van der Waals surface area contributed by atoms with E-state index in [-0.39, 0.29) is 12.0 Å². The average molecular weight is 261 g/mol. The highest BCUT2D eigenvalue weighted by molar-refractivity contribution is 5.83. The van der Waals surface area contributed by atoms with Gasteiger partial charge in [0.15, 0.2) is 0 Å². The third kappa shape index (κ3) is 3.28. The normalized spacial score (nSPS) is 18.1. The highest BCUT2D eigenvalue weighted by Crippen LogP contribution is 2.30. The largest absolute Gasteiger partial charge is 0.458 e. The van der Waals surface area contributed by atoms with Crippen molar-refractivity contribution in [1.82, 2.24) is 0 Å². The summed E-state index contributed by atoms with van der Waals surface area (Å²) < 4.78 is 5.43. The Kier molecular flexibility index (Phi) is 3.57. The molecule has 1 aromatic rings. The summed E-state index contributed by atoms with van der Waals surface area (Å²) in [5, 5.41) is 3.28. The predicted molar refractivity (Wildman–Crippen MR) is 77.5 cm³/mol. The van der Waals surface area contributed by atoms with Crippen LogP contribution in [0.4, 0.5) is 5.69 Å². The van der Waals surface area contributed by atoms with Crippen LogP contribution in [0.3, 0.4) is 0 Å². The maximum absolute atomic E-state index is 12.1. The van der Waals surface area contributed by atoms with Crippen molar-refractivity contribution >= 4 is 11.7 Å². The lowest BCUT2D eigenvalue weighted by Gasteiger charge is -2.22. The molecule has 0 saturated carbocycles. The number of rotatable bonds is 2. The lowest BCUT2D eigenvalue weighted by atomic mass is 10.00. The molecule has 1 N–H and O–H groups in total. The number of fused-ring (bicyclic) bond motifs is 1. The number of anilines is 1. The molecule has 1 heterocycles. The van der Waals surface area contributed by atoms with E-state index in [0.717, 1.165) is 5.69 Å². The van der Waals surface area contributed by atoms with Crippen LogP contribution >= 0.6 is 0 Å². The Morgan fingerprint density at radius 3 is 2.63 bits per heavy atom. The molecular formula is C16H23NO2. The standard InChI is InChI=1S/C16H23NO2/c1-10(2)11-6-7-12-9-14(17-13(12)8-11)15(18)19-16(3,4)5/h6-8,10,14,17H,9H2,1-5H3/t14-/m1/s1. The van der Waals surface area contributed by atoms with Gasteiger partial charge in [-0.05, 0) is 43.9 Å². The predicted octanol–water partition coefficient (Wildman–Crippen LogP) is 3.49. The molecule has 1 aliphatic rings. The zero-order chi connectivity index (χ0) is 14.2. The second kappa shape index (κ2) is 4.87. The van der Waals surface area contributed by atoms with Gasteiger partial charge in [-0.1, -0.05) is 26.0 Å². The first-order chi connectivity index (χ1) is 8.76. The van der Waals surface area contributed by atoms with E-state index in [1.54, 1.807) is 0 Å². The number of hydrogen-bond acceptors (Lipinski definition) is 3. The van der Waals surface area contributed by atoms with Crippen LogP contribution in [0, 0.1) is 0 Å². The van der Waals surface area contributed by atoms with Gasteiger partial charge < -0.3 is 10.1 Å². The van der Waals surface area contributed by atoms with Gasteiger partial charge in [-0.25, -0.2) is 4.79 Å². The van der Waals surface area contributed by atoms with Crippen molar-refractivity contribution in [2.24, 2.45) is 0 Å². The molecule has 0 unspecified atom stereocenters. The van der Waals surface area contributed by atoms with Crippen molar-refractivity contribution in [2.75, 3.05) is 5.32 Å². The van der Waals surface area contributed by atoms with Crippen molar-refractivity contribution in [3.8, 4) is 0 Å². The molecule has 0 spiro atoms. The first kappa shape index (κ1) is 13.9. The van der Waals surface area contributed by atoms with Crippen molar-refractivity contribution in [3.05, 3.63) is 29.3 Å². The summed E-state index contributed by atoms with van der Waals surface area (Å²) in [4.78, 5) is 12.1. The Hall–Kier alpha value is -1.51. The Morgan fingerprint density at radius 1 is 1.37 bits per heavy atom. The van der Waals surface area contributed by atoms with Gasteiger partial charge in [0.05, 0.1) is 0 Å². The molecule has 0 amide bonds. The van der Waals surface area contributed by atoms with Crippen molar-refractivity contribution in [2.45, 2.75) is 58.6 Å². The van der Waals surface area contributed by atoms with Crippen LogP contribution in [-0.2, 0) is 16.0 Å². The highest BCUT2D eigenvalue weighted by atomic mass is 16.6. The SMILES string of the molecule is CC(C)c1ccc2c(c1)N[C@@H](C(=O)OC(C)(C)C)C2. The summed E-state index contributed by atoms with van der Waals surface area (Å²) in [5.41, 5.74) is 3.12. The fraction of sp³-hybridized carbons (Fsp3) is 0.562. The minimum absolute atomic E-state index is 0.171.